The number of ether oxygens (including phenoxy) is 1. The number of fused-ring (bicyclic) bond motifs is 4. The molecule has 0 saturated carbocycles. The summed E-state index contributed by atoms with van der Waals surface area (Å²) in [5.74, 6) is -3.64. The van der Waals surface area contributed by atoms with Crippen LogP contribution in [0.3, 0.4) is 0 Å². The molecular formula is C20H29F3N6O2S. The van der Waals surface area contributed by atoms with Crippen molar-refractivity contribution in [2.75, 3.05) is 18.9 Å². The summed E-state index contributed by atoms with van der Waals surface area (Å²) in [6.45, 7) is 7.29. The van der Waals surface area contributed by atoms with Crippen molar-refractivity contribution in [1.29, 1.82) is 0 Å². The number of aromatic nitrogens is 1. The standard InChI is InChI=1S/C20H29F3N6O2S/c1-16(2)14-27-15(30)31-17(3,4)28-12-8-7-11(21)13(26-12)18(5,29-14)20(25-6,32-16)9-19(22,23)10-24/h7-8,25H,9-10,24H2,1-6H3,(H,26,28)(H,27,29,30)/t18-,20-/m0/s1. The minimum Gasteiger partial charge on any atom is -0.423 e. The molecule has 4 bridgehead atoms. The average molecular weight is 475 g/mol. The third-order valence-corrected chi connectivity index (χ3v) is 7.43. The molecule has 2 aliphatic rings. The van der Waals surface area contributed by atoms with Gasteiger partial charge in [0.15, 0.2) is 5.72 Å². The van der Waals surface area contributed by atoms with Crippen LogP contribution in [0.4, 0.5) is 23.8 Å². The maximum absolute atomic E-state index is 15.2. The van der Waals surface area contributed by atoms with Crippen LogP contribution < -0.4 is 21.7 Å². The second kappa shape index (κ2) is 7.77. The predicted octanol–water partition coefficient (Wildman–Crippen LogP) is 3.15. The van der Waals surface area contributed by atoms with Crippen molar-refractivity contribution < 1.29 is 22.7 Å². The highest BCUT2D eigenvalue weighted by Crippen LogP contribution is 2.56. The first-order valence-corrected chi connectivity index (χ1v) is 10.9. The highest BCUT2D eigenvalue weighted by atomic mass is 32.2. The molecule has 32 heavy (non-hydrogen) atoms. The number of thioether (sulfide) groups is 1. The summed E-state index contributed by atoms with van der Waals surface area (Å²) in [5.41, 5.74) is 2.34. The number of nitrogens with one attached hydrogen (secondary N) is 3. The van der Waals surface area contributed by atoms with Gasteiger partial charge in [0.05, 0.1) is 11.3 Å². The first-order valence-electron chi connectivity index (χ1n) is 10.1. The zero-order valence-electron chi connectivity index (χ0n) is 18.9. The minimum absolute atomic E-state index is 0.154. The van der Waals surface area contributed by atoms with Crippen LogP contribution in [0.1, 0.15) is 46.7 Å². The highest BCUT2D eigenvalue weighted by molar-refractivity contribution is 8.02. The number of hydrogen-bond acceptors (Lipinski definition) is 8. The Balaban J connectivity index is 2.35. The number of nitrogens with two attached hydrogens (primary N) is 1. The molecule has 12 heteroatoms. The molecule has 2 aliphatic heterocycles. The maximum Gasteiger partial charge on any atom is 0.414 e. The van der Waals surface area contributed by atoms with Crippen LogP contribution in [0.15, 0.2) is 17.1 Å². The van der Waals surface area contributed by atoms with Crippen molar-refractivity contribution in [2.24, 2.45) is 10.7 Å². The summed E-state index contributed by atoms with van der Waals surface area (Å²) in [6.07, 6.45) is -1.54. The number of alkyl halides is 2. The molecule has 1 amide bonds. The molecule has 0 unspecified atom stereocenters. The average Bonchev–Trinajstić information content (AvgIpc) is 2.66. The van der Waals surface area contributed by atoms with Crippen molar-refractivity contribution in [1.82, 2.24) is 15.6 Å². The van der Waals surface area contributed by atoms with Gasteiger partial charge in [-0.3, -0.25) is 10.3 Å². The van der Waals surface area contributed by atoms with Crippen molar-refractivity contribution in [3.8, 4) is 0 Å². The van der Waals surface area contributed by atoms with Gasteiger partial charge in [-0.25, -0.2) is 22.9 Å². The Kier molecular flexibility index (Phi) is 5.97. The van der Waals surface area contributed by atoms with E-state index in [2.05, 4.69) is 25.9 Å². The number of carbonyl (C=O) groups excluding carboxylic acids is 1. The fourth-order valence-corrected chi connectivity index (χ4v) is 5.81. The van der Waals surface area contributed by atoms with Crippen molar-refractivity contribution in [2.45, 2.75) is 67.8 Å². The number of carbonyl (C=O) groups is 1. The lowest BCUT2D eigenvalue weighted by atomic mass is 9.82. The van der Waals surface area contributed by atoms with Crippen LogP contribution >= 0.6 is 11.8 Å². The van der Waals surface area contributed by atoms with Crippen molar-refractivity contribution in [3.05, 3.63) is 23.6 Å². The van der Waals surface area contributed by atoms with Gasteiger partial charge in [-0.2, -0.15) is 0 Å². The van der Waals surface area contributed by atoms with Gasteiger partial charge in [0, 0.05) is 6.42 Å². The topological polar surface area (TPSA) is 114 Å². The van der Waals surface area contributed by atoms with Crippen molar-refractivity contribution >= 4 is 29.5 Å². The molecule has 8 nitrogen and oxygen atoms in total. The Labute approximate surface area is 189 Å². The largest absolute Gasteiger partial charge is 0.423 e. The van der Waals surface area contributed by atoms with E-state index in [9.17, 15) is 13.6 Å². The molecule has 0 aromatic carbocycles. The highest BCUT2D eigenvalue weighted by Gasteiger charge is 2.61. The number of hydrogen-bond donors (Lipinski definition) is 4. The van der Waals surface area contributed by atoms with E-state index in [1.54, 1.807) is 27.7 Å². The first kappa shape index (κ1) is 24.6. The number of anilines is 1. The zero-order chi connectivity index (χ0) is 24.2. The number of aliphatic imine (C=N–C) groups is 1. The summed E-state index contributed by atoms with van der Waals surface area (Å²) in [4.78, 5) is 20.2. The maximum atomic E-state index is 15.2. The molecule has 0 aliphatic carbocycles. The number of rotatable bonds is 4. The lowest BCUT2D eigenvalue weighted by molar-refractivity contribution is -0.0217. The van der Waals surface area contributed by atoms with E-state index in [0.29, 0.717) is 0 Å². The van der Waals surface area contributed by atoms with Crippen LogP contribution in [-0.4, -0.2) is 51.8 Å². The molecule has 0 radical (unpaired) electrons. The Bertz CT molecular complexity index is 957. The van der Waals surface area contributed by atoms with E-state index in [1.807, 2.05) is 0 Å². The van der Waals surface area contributed by atoms with E-state index < -0.39 is 51.7 Å². The van der Waals surface area contributed by atoms with E-state index in [0.717, 1.165) is 11.8 Å². The summed E-state index contributed by atoms with van der Waals surface area (Å²) in [7, 11) is 1.51. The Morgan fingerprint density at radius 1 is 1.25 bits per heavy atom. The smallest absolute Gasteiger partial charge is 0.414 e. The van der Waals surface area contributed by atoms with E-state index in [-0.39, 0.29) is 17.3 Å². The number of alkyl carbamates (subject to hydrolysis) is 1. The monoisotopic (exact) mass is 474 g/mol. The van der Waals surface area contributed by atoms with Gasteiger partial charge < -0.3 is 21.1 Å². The Morgan fingerprint density at radius 3 is 2.50 bits per heavy atom. The van der Waals surface area contributed by atoms with Crippen LogP contribution in [0.2, 0.25) is 0 Å². The fraction of sp³-hybridized carbons (Fsp3) is 0.650. The fourth-order valence-electron chi connectivity index (χ4n) is 4.02. The van der Waals surface area contributed by atoms with Gasteiger partial charge >= 0.3 is 6.09 Å². The quantitative estimate of drug-likeness (QED) is 0.530. The zero-order valence-corrected chi connectivity index (χ0v) is 19.7. The molecule has 3 heterocycles. The van der Waals surface area contributed by atoms with Crippen molar-refractivity contribution in [3.63, 3.8) is 0 Å². The minimum atomic E-state index is -3.27. The molecule has 0 spiro atoms. The van der Waals surface area contributed by atoms with Crippen LogP contribution in [0, 0.1) is 5.82 Å². The molecule has 178 valence electrons. The second-order valence-electron chi connectivity index (χ2n) is 9.14. The van der Waals surface area contributed by atoms with Gasteiger partial charge in [-0.1, -0.05) is 0 Å². The lowest BCUT2D eigenvalue weighted by Gasteiger charge is -2.53. The molecule has 1 aromatic heterocycles. The molecule has 1 aromatic rings. The third-order valence-electron chi connectivity index (χ3n) is 5.64. The number of amides is 1. The van der Waals surface area contributed by atoms with Gasteiger partial charge in [-0.15, -0.1) is 11.8 Å². The van der Waals surface area contributed by atoms with Crippen LogP contribution in [0.5, 0.6) is 0 Å². The summed E-state index contributed by atoms with van der Waals surface area (Å²) >= 11 is 1.10. The first-order chi connectivity index (χ1) is 14.6. The molecular weight excluding hydrogens is 445 g/mol. The molecule has 0 fully saturated rings. The molecule has 0 saturated heterocycles. The van der Waals surface area contributed by atoms with E-state index >= 15 is 4.39 Å². The molecule has 3 rings (SSSR count). The van der Waals surface area contributed by atoms with Crippen LogP contribution in [0.25, 0.3) is 0 Å². The van der Waals surface area contributed by atoms with Gasteiger partial charge in [0.1, 0.15) is 33.6 Å². The number of likely N-dealkylation sites (N-methyl/N-ethyl adjacent to an activating group) is 1. The predicted molar refractivity (Wildman–Crippen MR) is 118 cm³/mol. The van der Waals surface area contributed by atoms with Crippen LogP contribution in [-0.2, 0) is 10.3 Å². The normalized spacial score (nSPS) is 29.1. The third kappa shape index (κ3) is 4.27. The summed E-state index contributed by atoms with van der Waals surface area (Å²) in [5, 5.41) is 8.52. The SMILES string of the molecule is CN[C@@]1(CC(F)(F)CN)SC(C)(C)C2=N[C@@]1(C)c1nc(ccc1F)NC(C)(C)OC(=O)N2. The van der Waals surface area contributed by atoms with Gasteiger partial charge in [-0.05, 0) is 53.8 Å². The number of amidine groups is 1. The van der Waals surface area contributed by atoms with Gasteiger partial charge in [0.2, 0.25) is 0 Å². The summed E-state index contributed by atoms with van der Waals surface area (Å²) in [6, 6.07) is 2.56. The van der Waals surface area contributed by atoms with Gasteiger partial charge in [0.25, 0.3) is 5.92 Å². The lowest BCUT2D eigenvalue weighted by Crippen LogP contribution is -2.65. The Morgan fingerprint density at radius 2 is 1.91 bits per heavy atom. The Hall–Kier alpha value is -2.05. The number of halogens is 3. The molecule has 2 atom stereocenters. The summed E-state index contributed by atoms with van der Waals surface area (Å²) < 4.78 is 49.1. The molecule has 5 N–H and O–H groups in total. The number of pyridine rings is 1. The van der Waals surface area contributed by atoms with E-state index in [4.69, 9.17) is 10.5 Å². The second-order valence-corrected chi connectivity index (χ2v) is 11.1. The van der Waals surface area contributed by atoms with E-state index in [1.165, 1.54) is 26.1 Å². The number of nitrogens with zero attached hydrogens (tertiary/aromatic N) is 2. The number of cyclic esters (lactones) is 1.